The van der Waals surface area contributed by atoms with E-state index in [4.69, 9.17) is 5.73 Å². The molecule has 1 saturated heterocycles. The van der Waals surface area contributed by atoms with E-state index >= 15 is 0 Å². The molecule has 1 aliphatic heterocycles. The standard InChI is InChI=1S/C16H15F3N4O2/c17-16(18,19)12-4-2-1-3-10(12)13-5-9(24)7-23(13)15(25)11-6-21-8-22-14(11)20/h1-4,6,8-9,13,24H,5,7H2,(H2,20,21,22). The highest BCUT2D eigenvalue weighted by molar-refractivity contribution is 5.98. The third-order valence-corrected chi connectivity index (χ3v) is 4.14. The van der Waals surface area contributed by atoms with Crippen molar-refractivity contribution in [2.24, 2.45) is 0 Å². The third kappa shape index (κ3) is 3.27. The minimum absolute atomic E-state index is 0.00638. The number of halogens is 3. The van der Waals surface area contributed by atoms with Crippen molar-refractivity contribution in [3.63, 3.8) is 0 Å². The molecule has 1 aliphatic rings. The lowest BCUT2D eigenvalue weighted by atomic mass is 9.97. The Labute approximate surface area is 141 Å². The SMILES string of the molecule is Nc1ncncc1C(=O)N1CC(O)CC1c1ccccc1C(F)(F)F. The van der Waals surface area contributed by atoms with Crippen molar-refractivity contribution >= 4 is 11.7 Å². The molecule has 9 heteroatoms. The van der Waals surface area contributed by atoms with Crippen LogP contribution in [0.5, 0.6) is 0 Å². The molecule has 3 N–H and O–H groups in total. The summed E-state index contributed by atoms with van der Waals surface area (Å²) in [6.07, 6.45) is -3.11. The smallest absolute Gasteiger partial charge is 0.391 e. The fourth-order valence-electron chi connectivity index (χ4n) is 3.04. The van der Waals surface area contributed by atoms with Crippen LogP contribution >= 0.6 is 0 Å². The number of carbonyl (C=O) groups excluding carboxylic acids is 1. The molecule has 0 spiro atoms. The van der Waals surface area contributed by atoms with Gasteiger partial charge in [-0.05, 0) is 18.1 Å². The van der Waals surface area contributed by atoms with Gasteiger partial charge < -0.3 is 15.7 Å². The summed E-state index contributed by atoms with van der Waals surface area (Å²) in [6, 6.07) is 4.12. The fourth-order valence-corrected chi connectivity index (χ4v) is 3.04. The van der Waals surface area contributed by atoms with Gasteiger partial charge in [0.2, 0.25) is 0 Å². The second kappa shape index (κ2) is 6.32. The lowest BCUT2D eigenvalue weighted by Crippen LogP contribution is -2.33. The Hall–Kier alpha value is -2.68. The van der Waals surface area contributed by atoms with Gasteiger partial charge in [-0.25, -0.2) is 9.97 Å². The van der Waals surface area contributed by atoms with Gasteiger partial charge in [-0.1, -0.05) is 18.2 Å². The predicted octanol–water partition coefficient (Wildman–Crippen LogP) is 2.03. The monoisotopic (exact) mass is 352 g/mol. The van der Waals surface area contributed by atoms with Crippen molar-refractivity contribution in [2.45, 2.75) is 24.7 Å². The largest absolute Gasteiger partial charge is 0.416 e. The van der Waals surface area contributed by atoms with Crippen molar-refractivity contribution in [2.75, 3.05) is 12.3 Å². The highest BCUT2D eigenvalue weighted by atomic mass is 19.4. The molecule has 2 atom stereocenters. The zero-order chi connectivity index (χ0) is 18.2. The van der Waals surface area contributed by atoms with Crippen LogP contribution in [0.1, 0.15) is 33.9 Å². The maximum atomic E-state index is 13.3. The van der Waals surface area contributed by atoms with Gasteiger partial charge in [0.15, 0.2) is 0 Å². The molecule has 1 aromatic heterocycles. The van der Waals surface area contributed by atoms with Gasteiger partial charge in [-0.2, -0.15) is 13.2 Å². The molecule has 6 nitrogen and oxygen atoms in total. The minimum Gasteiger partial charge on any atom is -0.391 e. The number of likely N-dealkylation sites (tertiary alicyclic amines) is 1. The second-order valence-corrected chi connectivity index (χ2v) is 5.77. The van der Waals surface area contributed by atoms with Crippen LogP contribution in [-0.4, -0.2) is 38.5 Å². The minimum atomic E-state index is -4.56. The molecular formula is C16H15F3N4O2. The summed E-state index contributed by atoms with van der Waals surface area (Å²) < 4.78 is 39.9. The Morgan fingerprint density at radius 3 is 2.72 bits per heavy atom. The number of nitrogens with two attached hydrogens (primary N) is 1. The Bertz CT molecular complexity index is 797. The number of β-amino-alcohol motifs (C(OH)–C–C–N with tert-alkyl or cyclic N) is 1. The molecule has 0 radical (unpaired) electrons. The van der Waals surface area contributed by atoms with E-state index in [-0.39, 0.29) is 29.9 Å². The molecule has 0 aliphatic carbocycles. The number of aliphatic hydroxyl groups excluding tert-OH is 1. The number of hydrogen-bond donors (Lipinski definition) is 2. The van der Waals surface area contributed by atoms with Gasteiger partial charge in [-0.15, -0.1) is 0 Å². The zero-order valence-corrected chi connectivity index (χ0v) is 12.9. The number of aromatic nitrogens is 2. The summed E-state index contributed by atoms with van der Waals surface area (Å²) in [7, 11) is 0. The van der Waals surface area contributed by atoms with E-state index in [9.17, 15) is 23.1 Å². The molecular weight excluding hydrogens is 337 g/mol. The van der Waals surface area contributed by atoms with Gasteiger partial charge in [0.1, 0.15) is 17.7 Å². The molecule has 0 saturated carbocycles. The average molecular weight is 352 g/mol. The summed E-state index contributed by atoms with van der Waals surface area (Å²) in [6.45, 7) is -0.0932. The number of benzene rings is 1. The zero-order valence-electron chi connectivity index (χ0n) is 12.9. The summed E-state index contributed by atoms with van der Waals surface area (Å²) in [5.41, 5.74) is 4.77. The molecule has 1 amide bonds. The fraction of sp³-hybridized carbons (Fsp3) is 0.312. The first-order valence-corrected chi connectivity index (χ1v) is 7.49. The quantitative estimate of drug-likeness (QED) is 0.863. The van der Waals surface area contributed by atoms with Crippen LogP contribution < -0.4 is 5.73 Å². The molecule has 1 aromatic carbocycles. The Kier molecular flexibility index (Phi) is 4.34. The van der Waals surface area contributed by atoms with E-state index in [0.29, 0.717) is 0 Å². The highest BCUT2D eigenvalue weighted by Gasteiger charge is 2.41. The molecule has 2 aromatic rings. The van der Waals surface area contributed by atoms with E-state index in [1.807, 2.05) is 0 Å². The number of carbonyl (C=O) groups is 1. The Morgan fingerprint density at radius 1 is 1.32 bits per heavy atom. The number of rotatable bonds is 2. The van der Waals surface area contributed by atoms with Crippen LogP contribution in [0.15, 0.2) is 36.8 Å². The number of nitrogens with zero attached hydrogens (tertiary/aromatic N) is 3. The number of alkyl halides is 3. The van der Waals surface area contributed by atoms with Gasteiger partial charge in [0.25, 0.3) is 5.91 Å². The van der Waals surface area contributed by atoms with Gasteiger partial charge in [0.05, 0.1) is 17.7 Å². The molecule has 0 bridgehead atoms. The number of nitrogen functional groups attached to an aromatic ring is 1. The second-order valence-electron chi connectivity index (χ2n) is 5.77. The number of aliphatic hydroxyl groups is 1. The topological polar surface area (TPSA) is 92.3 Å². The highest BCUT2D eigenvalue weighted by Crippen LogP contribution is 2.41. The van der Waals surface area contributed by atoms with E-state index in [2.05, 4.69) is 9.97 Å². The van der Waals surface area contributed by atoms with E-state index in [0.717, 1.165) is 6.07 Å². The number of hydrogen-bond acceptors (Lipinski definition) is 5. The van der Waals surface area contributed by atoms with Gasteiger partial charge in [-0.3, -0.25) is 4.79 Å². The summed E-state index contributed by atoms with van der Waals surface area (Å²) in [4.78, 5) is 21.4. The average Bonchev–Trinajstić information content (AvgIpc) is 2.96. The Morgan fingerprint density at radius 2 is 2.04 bits per heavy atom. The van der Waals surface area contributed by atoms with E-state index in [1.54, 1.807) is 0 Å². The van der Waals surface area contributed by atoms with Gasteiger partial charge in [0, 0.05) is 12.7 Å². The normalized spacial score (nSPS) is 20.7. The van der Waals surface area contributed by atoms with Crippen molar-refractivity contribution in [1.82, 2.24) is 14.9 Å². The summed E-state index contributed by atoms with van der Waals surface area (Å²) in [5.74, 6) is -0.680. The summed E-state index contributed by atoms with van der Waals surface area (Å²) >= 11 is 0. The lowest BCUT2D eigenvalue weighted by Gasteiger charge is -2.27. The van der Waals surface area contributed by atoms with Crippen molar-refractivity contribution in [1.29, 1.82) is 0 Å². The number of amides is 1. The van der Waals surface area contributed by atoms with Crippen LogP contribution in [0, 0.1) is 0 Å². The molecule has 25 heavy (non-hydrogen) atoms. The maximum Gasteiger partial charge on any atom is 0.416 e. The summed E-state index contributed by atoms with van der Waals surface area (Å²) in [5, 5.41) is 9.95. The number of anilines is 1. The van der Waals surface area contributed by atoms with Crippen LogP contribution in [0.2, 0.25) is 0 Å². The first kappa shape index (κ1) is 17.2. The molecule has 1 fully saturated rings. The van der Waals surface area contributed by atoms with Crippen LogP contribution in [0.25, 0.3) is 0 Å². The van der Waals surface area contributed by atoms with Crippen molar-refractivity contribution in [3.05, 3.63) is 53.5 Å². The molecule has 132 valence electrons. The molecule has 3 rings (SSSR count). The van der Waals surface area contributed by atoms with Crippen molar-refractivity contribution < 1.29 is 23.1 Å². The molecule has 2 heterocycles. The lowest BCUT2D eigenvalue weighted by molar-refractivity contribution is -0.138. The third-order valence-electron chi connectivity index (χ3n) is 4.14. The first-order chi connectivity index (χ1) is 11.8. The van der Waals surface area contributed by atoms with Crippen LogP contribution in [0.3, 0.4) is 0 Å². The van der Waals surface area contributed by atoms with Gasteiger partial charge >= 0.3 is 6.18 Å². The van der Waals surface area contributed by atoms with E-state index < -0.39 is 29.8 Å². The van der Waals surface area contributed by atoms with E-state index in [1.165, 1.54) is 35.6 Å². The Balaban J connectivity index is 2.02. The maximum absolute atomic E-state index is 13.3. The predicted molar refractivity (Wildman–Crippen MR) is 82.3 cm³/mol. The molecule has 2 unspecified atom stereocenters. The first-order valence-electron chi connectivity index (χ1n) is 7.49. The van der Waals surface area contributed by atoms with Crippen molar-refractivity contribution in [3.8, 4) is 0 Å². The van der Waals surface area contributed by atoms with Crippen LogP contribution in [-0.2, 0) is 6.18 Å². The van der Waals surface area contributed by atoms with Crippen LogP contribution in [0.4, 0.5) is 19.0 Å².